The number of nitrogens with zero attached hydrogens (tertiary/aromatic N) is 2. The maximum absolute atomic E-state index is 12.6. The summed E-state index contributed by atoms with van der Waals surface area (Å²) in [6.45, 7) is 3.67. The van der Waals surface area contributed by atoms with Gasteiger partial charge in [-0.3, -0.25) is 15.1 Å². The molecule has 3 rings (SSSR count). The molecule has 144 valence electrons. The number of hydrogen-bond acceptors (Lipinski definition) is 6. The van der Waals surface area contributed by atoms with Gasteiger partial charge in [-0.15, -0.1) is 0 Å². The Morgan fingerprint density at radius 1 is 1.25 bits per heavy atom. The van der Waals surface area contributed by atoms with Gasteiger partial charge >= 0.3 is 5.97 Å². The van der Waals surface area contributed by atoms with Crippen molar-refractivity contribution < 1.29 is 14.5 Å². The molecule has 8 heteroatoms. The molecular weight excluding hydrogens is 426 g/mol. The van der Waals surface area contributed by atoms with Crippen molar-refractivity contribution in [1.82, 2.24) is 10.3 Å². The highest BCUT2D eigenvalue weighted by molar-refractivity contribution is 9.10. The van der Waals surface area contributed by atoms with Gasteiger partial charge in [-0.2, -0.15) is 0 Å². The number of methoxy groups -OCH3 is 1. The van der Waals surface area contributed by atoms with E-state index in [1.54, 1.807) is 25.3 Å². The number of rotatable bonds is 4. The van der Waals surface area contributed by atoms with Gasteiger partial charge in [-0.25, -0.2) is 4.79 Å². The average molecular weight is 444 g/mol. The lowest BCUT2D eigenvalue weighted by molar-refractivity contribution is -0.384. The number of nitro groups is 1. The standard InChI is InChI=1S/C20H18BrN3O4/c1-11-17(16-8-7-14(21)10-22-16)19(18(12(2)23-11)20(25)28-3)13-5-4-6-15(9-13)24(26)27/h4-10,19,23H,1-3H3. The molecule has 0 saturated heterocycles. The Kier molecular flexibility index (Phi) is 5.60. The first-order valence-electron chi connectivity index (χ1n) is 8.46. The molecule has 0 spiro atoms. The van der Waals surface area contributed by atoms with Crippen molar-refractivity contribution in [3.05, 3.63) is 85.4 Å². The van der Waals surface area contributed by atoms with Crippen LogP contribution in [0.25, 0.3) is 5.57 Å². The molecule has 0 fully saturated rings. The second-order valence-corrected chi connectivity index (χ2v) is 7.26. The van der Waals surface area contributed by atoms with Gasteiger partial charge < -0.3 is 10.1 Å². The SMILES string of the molecule is COC(=O)C1=C(C)NC(C)=C(c2ccc(Br)cn2)C1c1cccc([N+](=O)[O-])c1. The molecule has 1 atom stereocenters. The lowest BCUT2D eigenvalue weighted by Gasteiger charge is -2.31. The molecule has 2 heterocycles. The molecule has 1 aliphatic heterocycles. The highest BCUT2D eigenvalue weighted by Crippen LogP contribution is 2.43. The Hall–Kier alpha value is -3.00. The van der Waals surface area contributed by atoms with E-state index in [4.69, 9.17) is 4.74 Å². The summed E-state index contributed by atoms with van der Waals surface area (Å²) < 4.78 is 5.83. The summed E-state index contributed by atoms with van der Waals surface area (Å²) in [4.78, 5) is 27.9. The fraction of sp³-hybridized carbons (Fsp3) is 0.200. The topological polar surface area (TPSA) is 94.4 Å². The molecule has 7 nitrogen and oxygen atoms in total. The third kappa shape index (κ3) is 3.68. The van der Waals surface area contributed by atoms with Gasteiger partial charge in [0.2, 0.25) is 0 Å². The average Bonchev–Trinajstić information content (AvgIpc) is 2.68. The van der Waals surface area contributed by atoms with Crippen molar-refractivity contribution >= 4 is 33.2 Å². The van der Waals surface area contributed by atoms with Crippen molar-refractivity contribution in [2.24, 2.45) is 0 Å². The molecule has 28 heavy (non-hydrogen) atoms. The van der Waals surface area contributed by atoms with E-state index in [0.29, 0.717) is 22.5 Å². The lowest BCUT2D eigenvalue weighted by Crippen LogP contribution is -2.28. The van der Waals surface area contributed by atoms with Gasteiger partial charge in [0.1, 0.15) is 0 Å². The van der Waals surface area contributed by atoms with Crippen molar-refractivity contribution in [3.63, 3.8) is 0 Å². The van der Waals surface area contributed by atoms with Crippen molar-refractivity contribution in [1.29, 1.82) is 0 Å². The van der Waals surface area contributed by atoms with E-state index >= 15 is 0 Å². The van der Waals surface area contributed by atoms with Crippen molar-refractivity contribution in [2.75, 3.05) is 7.11 Å². The van der Waals surface area contributed by atoms with Gasteiger partial charge in [0.15, 0.2) is 0 Å². The van der Waals surface area contributed by atoms with Crippen LogP contribution in [0.5, 0.6) is 0 Å². The largest absolute Gasteiger partial charge is 0.466 e. The molecule has 0 radical (unpaired) electrons. The van der Waals surface area contributed by atoms with Crippen LogP contribution in [0, 0.1) is 10.1 Å². The van der Waals surface area contributed by atoms with Gasteiger partial charge in [-0.05, 0) is 47.5 Å². The van der Waals surface area contributed by atoms with E-state index in [2.05, 4.69) is 26.2 Å². The monoisotopic (exact) mass is 443 g/mol. The quantitative estimate of drug-likeness (QED) is 0.429. The van der Waals surface area contributed by atoms with Crippen LogP contribution in [-0.4, -0.2) is 23.0 Å². The summed E-state index contributed by atoms with van der Waals surface area (Å²) in [5.41, 5.74) is 3.86. The smallest absolute Gasteiger partial charge is 0.336 e. The number of non-ortho nitro benzene ring substituents is 1. The van der Waals surface area contributed by atoms with Gasteiger partial charge in [0, 0.05) is 45.7 Å². The summed E-state index contributed by atoms with van der Waals surface area (Å²) in [6, 6.07) is 9.99. The lowest BCUT2D eigenvalue weighted by atomic mass is 9.79. The Balaban J connectivity index is 2.26. The number of halogens is 1. The number of nitro benzene ring substituents is 1. The number of benzene rings is 1. The first-order valence-corrected chi connectivity index (χ1v) is 9.26. The number of esters is 1. The number of allylic oxidation sites excluding steroid dienone is 3. The van der Waals surface area contributed by atoms with Crippen LogP contribution < -0.4 is 5.32 Å². The number of ether oxygens (including phenoxy) is 1. The number of carbonyl (C=O) groups is 1. The Bertz CT molecular complexity index is 1010. The number of pyridine rings is 1. The fourth-order valence-electron chi connectivity index (χ4n) is 3.40. The summed E-state index contributed by atoms with van der Waals surface area (Å²) in [6.07, 6.45) is 1.67. The van der Waals surface area contributed by atoms with Crippen molar-refractivity contribution in [3.8, 4) is 0 Å². The second-order valence-electron chi connectivity index (χ2n) is 6.34. The maximum Gasteiger partial charge on any atom is 0.336 e. The fourth-order valence-corrected chi connectivity index (χ4v) is 3.64. The van der Waals surface area contributed by atoms with E-state index in [1.807, 2.05) is 19.1 Å². The van der Waals surface area contributed by atoms with Crippen LogP contribution >= 0.6 is 15.9 Å². The zero-order valence-electron chi connectivity index (χ0n) is 15.5. The summed E-state index contributed by atoms with van der Waals surface area (Å²) >= 11 is 3.37. The number of carbonyl (C=O) groups excluding carboxylic acids is 1. The van der Waals surface area contributed by atoms with Crippen LogP contribution in [-0.2, 0) is 9.53 Å². The van der Waals surface area contributed by atoms with E-state index in [-0.39, 0.29) is 5.69 Å². The summed E-state index contributed by atoms with van der Waals surface area (Å²) in [7, 11) is 1.32. The maximum atomic E-state index is 12.6. The molecule has 1 aliphatic rings. The predicted molar refractivity (Wildman–Crippen MR) is 108 cm³/mol. The molecule has 1 unspecified atom stereocenters. The van der Waals surface area contributed by atoms with Gasteiger partial charge in [0.25, 0.3) is 5.69 Å². The van der Waals surface area contributed by atoms with Gasteiger partial charge in [0.05, 0.1) is 23.3 Å². The third-order valence-corrected chi connectivity index (χ3v) is 5.05. The minimum atomic E-state index is -0.553. The molecule has 1 aromatic carbocycles. The second kappa shape index (κ2) is 7.93. The highest BCUT2D eigenvalue weighted by Gasteiger charge is 2.35. The number of aromatic nitrogens is 1. The Morgan fingerprint density at radius 3 is 2.61 bits per heavy atom. The predicted octanol–water partition coefficient (Wildman–Crippen LogP) is 4.32. The molecule has 2 aromatic rings. The summed E-state index contributed by atoms with van der Waals surface area (Å²) in [5.74, 6) is -1.05. The van der Waals surface area contributed by atoms with Crippen LogP contribution in [0.1, 0.15) is 31.0 Å². The molecular formula is C20H18BrN3O4. The molecule has 0 aliphatic carbocycles. The number of dihydropyridines is 1. The van der Waals surface area contributed by atoms with E-state index < -0.39 is 16.8 Å². The zero-order chi connectivity index (χ0) is 20.4. The summed E-state index contributed by atoms with van der Waals surface area (Å²) in [5, 5.41) is 14.5. The minimum absolute atomic E-state index is 0.0429. The molecule has 1 aromatic heterocycles. The highest BCUT2D eigenvalue weighted by atomic mass is 79.9. The van der Waals surface area contributed by atoms with Crippen LogP contribution in [0.3, 0.4) is 0 Å². The Morgan fingerprint density at radius 2 is 2.00 bits per heavy atom. The van der Waals surface area contributed by atoms with Crippen LogP contribution in [0.2, 0.25) is 0 Å². The molecule has 0 bridgehead atoms. The zero-order valence-corrected chi connectivity index (χ0v) is 17.1. The minimum Gasteiger partial charge on any atom is -0.466 e. The first kappa shape index (κ1) is 19.8. The van der Waals surface area contributed by atoms with Crippen LogP contribution in [0.4, 0.5) is 5.69 Å². The molecule has 0 saturated carbocycles. The van der Waals surface area contributed by atoms with E-state index in [9.17, 15) is 14.9 Å². The third-order valence-electron chi connectivity index (χ3n) is 4.58. The van der Waals surface area contributed by atoms with Gasteiger partial charge in [-0.1, -0.05) is 12.1 Å². The van der Waals surface area contributed by atoms with Crippen LogP contribution in [0.15, 0.2) is 64.0 Å². The Labute approximate surface area is 170 Å². The number of nitrogens with one attached hydrogen (secondary N) is 1. The number of hydrogen-bond donors (Lipinski definition) is 1. The molecule has 0 amide bonds. The van der Waals surface area contributed by atoms with E-state index in [1.165, 1.54) is 19.2 Å². The van der Waals surface area contributed by atoms with Crippen molar-refractivity contribution in [2.45, 2.75) is 19.8 Å². The normalized spacial score (nSPS) is 16.6. The van der Waals surface area contributed by atoms with E-state index in [0.717, 1.165) is 15.7 Å². The first-order chi connectivity index (χ1) is 13.3. The molecule has 1 N–H and O–H groups in total.